The first-order valence-corrected chi connectivity index (χ1v) is 13.5. The summed E-state index contributed by atoms with van der Waals surface area (Å²) in [5.41, 5.74) is 2.79. The third-order valence-corrected chi connectivity index (χ3v) is 7.08. The number of halogens is 3. The molecule has 0 aliphatic heterocycles. The van der Waals surface area contributed by atoms with Crippen molar-refractivity contribution in [2.24, 2.45) is 0 Å². The molecule has 0 atom stereocenters. The molecule has 0 saturated heterocycles. The first-order chi connectivity index (χ1) is 19.6. The van der Waals surface area contributed by atoms with Gasteiger partial charge in [-0.25, -0.2) is 13.1 Å². The van der Waals surface area contributed by atoms with Crippen molar-refractivity contribution in [3.63, 3.8) is 0 Å². The molecule has 5 rings (SSSR count). The third-order valence-electron chi connectivity index (χ3n) is 5.81. The summed E-state index contributed by atoms with van der Waals surface area (Å²) in [6.45, 7) is 0. The van der Waals surface area contributed by atoms with Gasteiger partial charge in [-0.05, 0) is 54.6 Å². The second kappa shape index (κ2) is 11.2. The van der Waals surface area contributed by atoms with Crippen LogP contribution in [0.4, 0.5) is 24.8 Å². The van der Waals surface area contributed by atoms with Crippen molar-refractivity contribution in [3.8, 4) is 17.1 Å². The van der Waals surface area contributed by atoms with Gasteiger partial charge in [0.2, 0.25) is 5.95 Å². The molecule has 1 amide bonds. The minimum atomic E-state index is -4.53. The van der Waals surface area contributed by atoms with Crippen LogP contribution in [0.1, 0.15) is 15.9 Å². The SMILES string of the molecule is O=C(NNS(=O)(=O)c1ccccc1)c1ccc(Nc2nc(-c3ccccc3)n(-c3cccc(C(F)(F)F)c3)n2)cc1. The van der Waals surface area contributed by atoms with Crippen LogP contribution in [0.3, 0.4) is 0 Å². The maximum absolute atomic E-state index is 13.4. The van der Waals surface area contributed by atoms with E-state index in [2.05, 4.69) is 20.8 Å². The second-order valence-corrected chi connectivity index (χ2v) is 10.3. The molecule has 1 aromatic heterocycles. The quantitative estimate of drug-likeness (QED) is 0.215. The maximum Gasteiger partial charge on any atom is 0.416 e. The van der Waals surface area contributed by atoms with Crippen molar-refractivity contribution < 1.29 is 26.4 Å². The van der Waals surface area contributed by atoms with E-state index in [1.807, 2.05) is 4.83 Å². The summed E-state index contributed by atoms with van der Waals surface area (Å²) in [7, 11) is -3.95. The number of hydrazine groups is 1. The molecule has 0 spiro atoms. The number of carbonyl (C=O) groups is 1. The third kappa shape index (κ3) is 6.42. The van der Waals surface area contributed by atoms with Crippen LogP contribution in [-0.2, 0) is 16.2 Å². The summed E-state index contributed by atoms with van der Waals surface area (Å²) in [6, 6.07) is 27.2. The van der Waals surface area contributed by atoms with Gasteiger partial charge >= 0.3 is 6.18 Å². The van der Waals surface area contributed by atoms with E-state index in [0.717, 1.165) is 12.1 Å². The Kier molecular flexibility index (Phi) is 7.55. The summed E-state index contributed by atoms with van der Waals surface area (Å²) < 4.78 is 66.0. The molecule has 0 radical (unpaired) electrons. The lowest BCUT2D eigenvalue weighted by Crippen LogP contribution is -2.41. The van der Waals surface area contributed by atoms with Crippen molar-refractivity contribution in [2.75, 3.05) is 5.32 Å². The summed E-state index contributed by atoms with van der Waals surface area (Å²) in [5, 5.41) is 7.37. The Balaban J connectivity index is 1.35. The molecule has 0 aliphatic carbocycles. The monoisotopic (exact) mass is 578 g/mol. The topological polar surface area (TPSA) is 118 Å². The number of alkyl halides is 3. The number of nitrogens with one attached hydrogen (secondary N) is 3. The summed E-state index contributed by atoms with van der Waals surface area (Å²) in [6.07, 6.45) is -4.53. The Morgan fingerprint density at radius 2 is 1.46 bits per heavy atom. The summed E-state index contributed by atoms with van der Waals surface area (Å²) in [5.74, 6) is -0.266. The standard InChI is InChI=1S/C28H21F3N6O3S/c29-28(30,31)21-10-7-11-23(18-21)37-25(19-8-3-1-4-9-19)33-27(35-37)32-22-16-14-20(15-17-22)26(38)34-36-41(39,40)24-12-5-2-6-13-24/h1-18,36H,(H,32,35)(H,34,38). The number of hydrogen-bond donors (Lipinski definition) is 3. The number of nitrogens with zero attached hydrogens (tertiary/aromatic N) is 3. The molecule has 0 aliphatic rings. The molecule has 9 nitrogen and oxygen atoms in total. The van der Waals surface area contributed by atoms with E-state index < -0.39 is 27.7 Å². The maximum atomic E-state index is 13.4. The van der Waals surface area contributed by atoms with E-state index in [0.29, 0.717) is 17.1 Å². The van der Waals surface area contributed by atoms with Gasteiger partial charge < -0.3 is 5.32 Å². The first kappa shape index (κ1) is 27.6. The van der Waals surface area contributed by atoms with E-state index in [9.17, 15) is 26.4 Å². The summed E-state index contributed by atoms with van der Waals surface area (Å²) >= 11 is 0. The van der Waals surface area contributed by atoms with Gasteiger partial charge in [-0.3, -0.25) is 10.2 Å². The van der Waals surface area contributed by atoms with Crippen molar-refractivity contribution in [1.29, 1.82) is 0 Å². The van der Waals surface area contributed by atoms with Crippen LogP contribution in [0.2, 0.25) is 0 Å². The second-order valence-electron chi connectivity index (χ2n) is 8.66. The van der Waals surface area contributed by atoms with Crippen LogP contribution < -0.4 is 15.6 Å². The molecule has 5 aromatic rings. The largest absolute Gasteiger partial charge is 0.416 e. The normalized spacial score (nSPS) is 11.7. The van der Waals surface area contributed by atoms with Gasteiger partial charge in [-0.15, -0.1) is 9.93 Å². The Morgan fingerprint density at radius 1 is 0.805 bits per heavy atom. The van der Waals surface area contributed by atoms with Crippen LogP contribution >= 0.6 is 0 Å². The molecule has 0 unspecified atom stereocenters. The van der Waals surface area contributed by atoms with Crippen LogP contribution in [0, 0.1) is 0 Å². The Labute approximate surface area is 232 Å². The average Bonchev–Trinajstić information content (AvgIpc) is 3.41. The van der Waals surface area contributed by atoms with Gasteiger partial charge in [-0.2, -0.15) is 18.2 Å². The number of hydrogen-bond acceptors (Lipinski definition) is 6. The zero-order valence-electron chi connectivity index (χ0n) is 21.0. The van der Waals surface area contributed by atoms with Gasteiger partial charge in [0.05, 0.1) is 16.1 Å². The van der Waals surface area contributed by atoms with E-state index in [1.54, 1.807) is 60.7 Å². The lowest BCUT2D eigenvalue weighted by Gasteiger charge is -2.10. The van der Waals surface area contributed by atoms with E-state index in [-0.39, 0.29) is 22.1 Å². The predicted octanol–water partition coefficient (Wildman–Crippen LogP) is 5.32. The summed E-state index contributed by atoms with van der Waals surface area (Å²) in [4.78, 5) is 19.0. The molecule has 0 bridgehead atoms. The number of benzene rings is 4. The molecule has 4 aromatic carbocycles. The number of sulfonamides is 1. The molecule has 41 heavy (non-hydrogen) atoms. The molecule has 3 N–H and O–H groups in total. The molecule has 1 heterocycles. The lowest BCUT2D eigenvalue weighted by atomic mass is 10.2. The highest BCUT2D eigenvalue weighted by atomic mass is 32.2. The fourth-order valence-corrected chi connectivity index (χ4v) is 4.67. The predicted molar refractivity (Wildman–Crippen MR) is 146 cm³/mol. The number of aromatic nitrogens is 3. The van der Waals surface area contributed by atoms with Crippen molar-refractivity contribution >= 4 is 27.6 Å². The van der Waals surface area contributed by atoms with Gasteiger partial charge in [0, 0.05) is 16.8 Å². The van der Waals surface area contributed by atoms with E-state index >= 15 is 0 Å². The highest BCUT2D eigenvalue weighted by Crippen LogP contribution is 2.31. The van der Waals surface area contributed by atoms with Gasteiger partial charge in [-0.1, -0.05) is 54.6 Å². The van der Waals surface area contributed by atoms with Crippen LogP contribution in [0.25, 0.3) is 17.1 Å². The van der Waals surface area contributed by atoms with Gasteiger partial charge in [0.25, 0.3) is 15.9 Å². The fourth-order valence-electron chi connectivity index (χ4n) is 3.81. The Morgan fingerprint density at radius 3 is 2.12 bits per heavy atom. The Bertz CT molecular complexity index is 1780. The fraction of sp³-hybridized carbons (Fsp3) is 0.0357. The van der Waals surface area contributed by atoms with Crippen molar-refractivity contribution in [3.05, 3.63) is 120 Å². The van der Waals surface area contributed by atoms with Gasteiger partial charge in [0.15, 0.2) is 5.82 Å². The van der Waals surface area contributed by atoms with Gasteiger partial charge in [0.1, 0.15) is 0 Å². The molecular weight excluding hydrogens is 557 g/mol. The minimum absolute atomic E-state index is 0.00760. The molecular formula is C28H21F3N6O3S. The van der Waals surface area contributed by atoms with Crippen LogP contribution in [0.5, 0.6) is 0 Å². The zero-order chi connectivity index (χ0) is 29.0. The molecule has 13 heteroatoms. The Hall–Kier alpha value is -5.01. The van der Waals surface area contributed by atoms with Crippen LogP contribution in [0.15, 0.2) is 114 Å². The van der Waals surface area contributed by atoms with Crippen molar-refractivity contribution in [1.82, 2.24) is 25.0 Å². The average molecular weight is 579 g/mol. The molecule has 0 fully saturated rings. The molecule has 208 valence electrons. The lowest BCUT2D eigenvalue weighted by molar-refractivity contribution is -0.137. The highest BCUT2D eigenvalue weighted by molar-refractivity contribution is 7.89. The number of carbonyl (C=O) groups excluding carboxylic acids is 1. The van der Waals surface area contributed by atoms with E-state index in [4.69, 9.17) is 0 Å². The van der Waals surface area contributed by atoms with Crippen molar-refractivity contribution in [2.45, 2.75) is 11.1 Å². The zero-order valence-corrected chi connectivity index (χ0v) is 21.8. The number of rotatable bonds is 8. The minimum Gasteiger partial charge on any atom is -0.323 e. The first-order valence-electron chi connectivity index (χ1n) is 12.0. The number of amides is 1. The van der Waals surface area contributed by atoms with E-state index in [1.165, 1.54) is 41.1 Å². The highest BCUT2D eigenvalue weighted by Gasteiger charge is 2.31. The molecule has 0 saturated carbocycles. The smallest absolute Gasteiger partial charge is 0.323 e. The van der Waals surface area contributed by atoms with Crippen LogP contribution in [-0.4, -0.2) is 29.1 Å². The number of anilines is 2.